The van der Waals surface area contributed by atoms with Crippen molar-refractivity contribution in [1.29, 1.82) is 0 Å². The molecule has 1 saturated heterocycles. The van der Waals surface area contributed by atoms with Gasteiger partial charge in [0.1, 0.15) is 11.5 Å². The average Bonchev–Trinajstić information content (AvgIpc) is 3.31. The minimum absolute atomic E-state index is 0.0347. The van der Waals surface area contributed by atoms with Crippen LogP contribution in [0, 0.1) is 0 Å². The third-order valence-corrected chi connectivity index (χ3v) is 7.90. The summed E-state index contributed by atoms with van der Waals surface area (Å²) in [4.78, 5) is 16.9. The van der Waals surface area contributed by atoms with Crippen LogP contribution in [0.15, 0.2) is 41.5 Å². The molecule has 3 aliphatic rings. The highest BCUT2D eigenvalue weighted by Gasteiger charge is 2.43. The highest BCUT2D eigenvalue weighted by Crippen LogP contribution is 2.45. The Labute approximate surface area is 224 Å². The van der Waals surface area contributed by atoms with E-state index in [2.05, 4.69) is 17.0 Å². The number of nitrogens with zero attached hydrogens (tertiary/aromatic N) is 4. The Balaban J connectivity index is 1.55. The van der Waals surface area contributed by atoms with Crippen molar-refractivity contribution in [2.24, 2.45) is 10.8 Å². The predicted octanol–water partition coefficient (Wildman–Crippen LogP) is 4.01. The van der Waals surface area contributed by atoms with Crippen molar-refractivity contribution >= 4 is 17.4 Å². The fourth-order valence-electron chi connectivity index (χ4n) is 5.85. The van der Waals surface area contributed by atoms with Crippen LogP contribution in [-0.2, 0) is 16.1 Å². The number of carbonyl (C=O) groups is 1. The number of anilines is 1. The summed E-state index contributed by atoms with van der Waals surface area (Å²) in [6.45, 7) is 8.13. The summed E-state index contributed by atoms with van der Waals surface area (Å²) in [7, 11) is 0. The summed E-state index contributed by atoms with van der Waals surface area (Å²) < 4.78 is 5.47. The van der Waals surface area contributed by atoms with Crippen molar-refractivity contribution in [3.05, 3.63) is 53.1 Å². The Morgan fingerprint density at radius 3 is 2.37 bits per heavy atom. The fraction of sp³-hybridized carbons (Fsp3) is 0.517. The molecule has 2 aromatic rings. The van der Waals surface area contributed by atoms with E-state index in [0.717, 1.165) is 69.8 Å². The average molecular weight is 522 g/mol. The van der Waals surface area contributed by atoms with Gasteiger partial charge in [-0.25, -0.2) is 0 Å². The van der Waals surface area contributed by atoms with Crippen LogP contribution in [0.5, 0.6) is 11.5 Å². The van der Waals surface area contributed by atoms with Gasteiger partial charge in [0.15, 0.2) is 6.17 Å². The zero-order valence-electron chi connectivity index (χ0n) is 22.3. The van der Waals surface area contributed by atoms with Gasteiger partial charge in [-0.3, -0.25) is 19.6 Å². The first kappa shape index (κ1) is 26.3. The Kier molecular flexibility index (Phi) is 7.76. The molecule has 204 valence electrons. The highest BCUT2D eigenvalue weighted by atomic mass is 16.5. The van der Waals surface area contributed by atoms with Crippen LogP contribution in [0.4, 0.5) is 5.69 Å². The molecule has 1 atom stereocenters. The second-order valence-corrected chi connectivity index (χ2v) is 10.9. The number of amides is 1. The predicted molar refractivity (Wildman–Crippen MR) is 147 cm³/mol. The molecule has 0 aromatic heterocycles. The van der Waals surface area contributed by atoms with Gasteiger partial charge in [0, 0.05) is 43.0 Å². The van der Waals surface area contributed by atoms with Crippen LogP contribution >= 0.6 is 0 Å². The smallest absolute Gasteiger partial charge is 0.286 e. The first-order valence-electron chi connectivity index (χ1n) is 13.7. The molecule has 1 aliphatic carbocycles. The molecule has 2 aromatic carbocycles. The maximum atomic E-state index is 12.7. The molecule has 4 N–H and O–H groups in total. The molecule has 1 unspecified atom stereocenters. The number of amidine groups is 1. The van der Waals surface area contributed by atoms with Gasteiger partial charge >= 0.3 is 0 Å². The van der Waals surface area contributed by atoms with Crippen LogP contribution in [-0.4, -0.2) is 64.2 Å². The van der Waals surface area contributed by atoms with Crippen LogP contribution in [0.3, 0.4) is 0 Å². The number of hydrogen-bond donors (Lipinski definition) is 3. The topological polar surface area (TPSA) is 115 Å². The SMILES string of the molecule is CC(C)c1cc(C2N(c3ccc(CN4CCOCC4)cc3)C(C(N)=O)=NN2C2CCCCC2)c(O)cc1O. The number of hydrogen-bond acceptors (Lipinski definition) is 8. The van der Waals surface area contributed by atoms with E-state index < -0.39 is 12.1 Å². The van der Waals surface area contributed by atoms with Crippen LogP contribution in [0.2, 0.25) is 0 Å². The van der Waals surface area contributed by atoms with Gasteiger partial charge in [0.25, 0.3) is 5.91 Å². The number of primary amides is 1. The van der Waals surface area contributed by atoms with Gasteiger partial charge in [-0.1, -0.05) is 45.2 Å². The molecule has 0 radical (unpaired) electrons. The van der Waals surface area contributed by atoms with E-state index in [9.17, 15) is 15.0 Å². The van der Waals surface area contributed by atoms with E-state index in [1.54, 1.807) is 0 Å². The van der Waals surface area contributed by atoms with Gasteiger partial charge in [-0.2, -0.15) is 5.10 Å². The highest BCUT2D eigenvalue weighted by molar-refractivity contribution is 6.43. The first-order valence-corrected chi connectivity index (χ1v) is 13.7. The number of phenolic OH excluding ortho intramolecular Hbond substituents is 2. The minimum Gasteiger partial charge on any atom is -0.508 e. The minimum atomic E-state index is -0.618. The van der Waals surface area contributed by atoms with Gasteiger partial charge in [0.2, 0.25) is 5.84 Å². The number of ether oxygens (including phenoxy) is 1. The molecule has 1 amide bonds. The number of rotatable bonds is 7. The molecule has 9 nitrogen and oxygen atoms in total. The number of phenols is 2. The Morgan fingerprint density at radius 1 is 1.05 bits per heavy atom. The van der Waals surface area contributed by atoms with Gasteiger partial charge in [-0.05, 0) is 48.1 Å². The van der Waals surface area contributed by atoms with Gasteiger partial charge in [-0.15, -0.1) is 0 Å². The number of carbonyl (C=O) groups excluding carboxylic acids is 1. The maximum Gasteiger partial charge on any atom is 0.286 e. The second kappa shape index (κ2) is 11.2. The normalized spacial score (nSPS) is 21.2. The first-order chi connectivity index (χ1) is 18.3. The van der Waals surface area contributed by atoms with Crippen LogP contribution in [0.1, 0.15) is 74.7 Å². The molecule has 9 heteroatoms. The van der Waals surface area contributed by atoms with Crippen molar-refractivity contribution in [2.45, 2.75) is 70.6 Å². The molecular weight excluding hydrogens is 482 g/mol. The quantitative estimate of drug-likeness (QED) is 0.504. The second-order valence-electron chi connectivity index (χ2n) is 10.9. The van der Waals surface area contributed by atoms with E-state index in [0.29, 0.717) is 5.56 Å². The Bertz CT molecular complexity index is 1170. The maximum absolute atomic E-state index is 12.7. The molecule has 2 fully saturated rings. The number of morpholine rings is 1. The van der Waals surface area contributed by atoms with Gasteiger partial charge < -0.3 is 20.7 Å². The third kappa shape index (κ3) is 5.31. The molecule has 0 spiro atoms. The van der Waals surface area contributed by atoms with Crippen LogP contribution in [0.25, 0.3) is 0 Å². The largest absolute Gasteiger partial charge is 0.508 e. The zero-order chi connectivity index (χ0) is 26.8. The van der Waals surface area contributed by atoms with E-state index >= 15 is 0 Å². The lowest BCUT2D eigenvalue weighted by molar-refractivity contribution is -0.112. The summed E-state index contributed by atoms with van der Waals surface area (Å²) in [5.74, 6) is -0.400. The van der Waals surface area contributed by atoms with Crippen molar-refractivity contribution in [2.75, 3.05) is 31.2 Å². The van der Waals surface area contributed by atoms with E-state index in [1.807, 2.05) is 42.0 Å². The standard InChI is InChI=1S/C29H39N5O4/c1-19(2)23-16-24(26(36)17-25(23)35)29-33(28(27(30)37)31-34(29)22-6-4-3-5-7-22)21-10-8-20(9-11-21)18-32-12-14-38-15-13-32/h8-11,16-17,19,22,29,35-36H,3-7,12-15,18H2,1-2H3,(H2,30,37). The lowest BCUT2D eigenvalue weighted by Gasteiger charge is -2.38. The van der Waals surface area contributed by atoms with Crippen LogP contribution < -0.4 is 10.6 Å². The molecule has 5 rings (SSSR count). The number of benzene rings is 2. The molecule has 2 heterocycles. The summed E-state index contributed by atoms with van der Waals surface area (Å²) >= 11 is 0. The van der Waals surface area contributed by atoms with Crippen molar-refractivity contribution in [3.8, 4) is 11.5 Å². The fourth-order valence-corrected chi connectivity index (χ4v) is 5.85. The zero-order valence-corrected chi connectivity index (χ0v) is 22.3. The van der Waals surface area contributed by atoms with Crippen molar-refractivity contribution < 1.29 is 19.7 Å². The van der Waals surface area contributed by atoms with Crippen molar-refractivity contribution in [1.82, 2.24) is 9.91 Å². The lowest BCUT2D eigenvalue weighted by Crippen LogP contribution is -2.43. The molecule has 38 heavy (non-hydrogen) atoms. The summed E-state index contributed by atoms with van der Waals surface area (Å²) in [6.07, 6.45) is 4.69. The number of hydrazone groups is 1. The van der Waals surface area contributed by atoms with Gasteiger partial charge in [0.05, 0.1) is 13.2 Å². The van der Waals surface area contributed by atoms with Crippen molar-refractivity contribution in [3.63, 3.8) is 0 Å². The molecular formula is C29H39N5O4. The summed E-state index contributed by atoms with van der Waals surface area (Å²) in [5, 5.41) is 28.4. The number of aromatic hydroxyl groups is 2. The summed E-state index contributed by atoms with van der Waals surface area (Å²) in [5.41, 5.74) is 9.16. The lowest BCUT2D eigenvalue weighted by atomic mass is 9.93. The third-order valence-electron chi connectivity index (χ3n) is 7.90. The van der Waals surface area contributed by atoms with E-state index in [4.69, 9.17) is 15.6 Å². The summed E-state index contributed by atoms with van der Waals surface area (Å²) in [6, 6.07) is 11.5. The molecule has 2 aliphatic heterocycles. The van der Waals surface area contributed by atoms with E-state index in [1.165, 1.54) is 18.1 Å². The van der Waals surface area contributed by atoms with E-state index in [-0.39, 0.29) is 29.3 Å². The monoisotopic (exact) mass is 521 g/mol. The number of nitrogens with two attached hydrogens (primary N) is 1. The Morgan fingerprint density at radius 2 is 1.74 bits per heavy atom. The molecule has 0 bridgehead atoms. The molecule has 1 saturated carbocycles. The Hall–Kier alpha value is -3.30.